The van der Waals surface area contributed by atoms with Crippen LogP contribution in [-0.4, -0.2) is 22.1 Å². The summed E-state index contributed by atoms with van der Waals surface area (Å²) in [5.41, 5.74) is 5.28. The Morgan fingerprint density at radius 1 is 1.56 bits per heavy atom. The number of benzene rings is 1. The fourth-order valence-electron chi connectivity index (χ4n) is 0.992. The average Bonchev–Trinajstić information content (AvgIpc) is 2.28. The molecule has 7 heteroatoms. The Morgan fingerprint density at radius 2 is 2.12 bits per heavy atom. The molecular weight excluding hydrogens is 214 g/mol. The summed E-state index contributed by atoms with van der Waals surface area (Å²) in [4.78, 5) is 9.88. The van der Waals surface area contributed by atoms with E-state index in [0.29, 0.717) is 5.75 Å². The van der Waals surface area contributed by atoms with E-state index in [1.807, 2.05) is 0 Å². The first kappa shape index (κ1) is 11.8. The van der Waals surface area contributed by atoms with Gasteiger partial charge < -0.3 is 15.7 Å². The number of rotatable bonds is 4. The number of ether oxygens (including phenoxy) is 1. The van der Waals surface area contributed by atoms with Crippen molar-refractivity contribution in [1.82, 2.24) is 0 Å². The van der Waals surface area contributed by atoms with E-state index in [2.05, 4.69) is 5.16 Å². The van der Waals surface area contributed by atoms with Crippen LogP contribution in [-0.2, 0) is 0 Å². The number of hydrogen-bond donors (Lipinski definition) is 2. The molecule has 1 unspecified atom stereocenters. The first-order valence-electron chi connectivity index (χ1n) is 4.43. The molecule has 7 nitrogen and oxygen atoms in total. The van der Waals surface area contributed by atoms with E-state index in [0.717, 1.165) is 0 Å². The number of nitro benzene ring substituents is 1. The van der Waals surface area contributed by atoms with Crippen LogP contribution >= 0.6 is 0 Å². The van der Waals surface area contributed by atoms with E-state index >= 15 is 0 Å². The third kappa shape index (κ3) is 2.84. The van der Waals surface area contributed by atoms with Gasteiger partial charge in [0.1, 0.15) is 5.75 Å². The lowest BCUT2D eigenvalue weighted by atomic mass is 10.3. The van der Waals surface area contributed by atoms with Crippen molar-refractivity contribution in [2.45, 2.75) is 13.0 Å². The van der Waals surface area contributed by atoms with Gasteiger partial charge in [-0.1, -0.05) is 5.16 Å². The molecule has 1 aromatic carbocycles. The van der Waals surface area contributed by atoms with Crippen LogP contribution in [0, 0.1) is 10.1 Å². The van der Waals surface area contributed by atoms with Crippen molar-refractivity contribution >= 4 is 11.5 Å². The molecule has 0 aliphatic carbocycles. The molecule has 16 heavy (non-hydrogen) atoms. The van der Waals surface area contributed by atoms with E-state index in [1.165, 1.54) is 24.3 Å². The molecule has 0 spiro atoms. The molecule has 3 N–H and O–H groups in total. The van der Waals surface area contributed by atoms with E-state index < -0.39 is 11.0 Å². The number of non-ortho nitro benzene ring substituents is 1. The summed E-state index contributed by atoms with van der Waals surface area (Å²) in [7, 11) is 0. The van der Waals surface area contributed by atoms with Crippen LogP contribution < -0.4 is 10.5 Å². The molecule has 0 saturated heterocycles. The molecule has 1 atom stereocenters. The molecule has 0 aliphatic rings. The van der Waals surface area contributed by atoms with Gasteiger partial charge in [-0.15, -0.1) is 0 Å². The summed E-state index contributed by atoms with van der Waals surface area (Å²) in [6.45, 7) is 1.59. The number of nitrogens with two attached hydrogens (primary N) is 1. The molecule has 0 amide bonds. The number of oxime groups is 1. The van der Waals surface area contributed by atoms with Crippen LogP contribution in [0.15, 0.2) is 29.4 Å². The smallest absolute Gasteiger partial charge is 0.269 e. The summed E-state index contributed by atoms with van der Waals surface area (Å²) < 4.78 is 5.26. The van der Waals surface area contributed by atoms with Crippen LogP contribution in [0.3, 0.4) is 0 Å². The second-order valence-electron chi connectivity index (χ2n) is 3.04. The normalized spacial score (nSPS) is 13.2. The first-order valence-corrected chi connectivity index (χ1v) is 4.43. The Kier molecular flexibility index (Phi) is 3.65. The van der Waals surface area contributed by atoms with Crippen molar-refractivity contribution in [3.8, 4) is 5.75 Å². The zero-order chi connectivity index (χ0) is 12.1. The molecule has 0 heterocycles. The minimum Gasteiger partial charge on any atom is -0.483 e. The quantitative estimate of drug-likeness (QED) is 0.262. The molecule has 86 valence electrons. The number of hydrogen-bond acceptors (Lipinski definition) is 5. The Bertz CT molecular complexity index is 402. The summed E-state index contributed by atoms with van der Waals surface area (Å²) in [5.74, 6) is 0.336. The largest absolute Gasteiger partial charge is 0.483 e. The lowest BCUT2D eigenvalue weighted by Gasteiger charge is -2.12. The highest BCUT2D eigenvalue weighted by Gasteiger charge is 2.10. The Balaban J connectivity index is 2.72. The van der Waals surface area contributed by atoms with Crippen molar-refractivity contribution in [2.75, 3.05) is 0 Å². The third-order valence-corrected chi connectivity index (χ3v) is 1.89. The van der Waals surface area contributed by atoms with Crippen LogP contribution in [0.1, 0.15) is 6.92 Å². The topological polar surface area (TPSA) is 111 Å². The Labute approximate surface area is 91.3 Å². The Hall–Kier alpha value is -2.31. The molecule has 0 bridgehead atoms. The maximum Gasteiger partial charge on any atom is 0.269 e. The second kappa shape index (κ2) is 4.96. The maximum absolute atomic E-state index is 10.4. The van der Waals surface area contributed by atoms with Gasteiger partial charge >= 0.3 is 0 Å². The van der Waals surface area contributed by atoms with E-state index in [-0.39, 0.29) is 11.5 Å². The highest BCUT2D eigenvalue weighted by molar-refractivity contribution is 5.84. The van der Waals surface area contributed by atoms with Gasteiger partial charge in [0, 0.05) is 12.1 Å². The zero-order valence-corrected chi connectivity index (χ0v) is 8.53. The minimum atomic E-state index is -0.605. The zero-order valence-electron chi connectivity index (χ0n) is 8.53. The summed E-state index contributed by atoms with van der Waals surface area (Å²) >= 11 is 0. The van der Waals surface area contributed by atoms with Gasteiger partial charge in [-0.2, -0.15) is 0 Å². The lowest BCUT2D eigenvalue weighted by Crippen LogP contribution is -2.31. The first-order chi connectivity index (χ1) is 7.54. The molecule has 0 aliphatic heterocycles. The highest BCUT2D eigenvalue weighted by Crippen LogP contribution is 2.18. The molecule has 1 rings (SSSR count). The van der Waals surface area contributed by atoms with Gasteiger partial charge in [0.15, 0.2) is 11.9 Å². The van der Waals surface area contributed by atoms with Crippen LogP contribution in [0.5, 0.6) is 5.75 Å². The van der Waals surface area contributed by atoms with E-state index in [9.17, 15) is 10.1 Å². The van der Waals surface area contributed by atoms with Crippen LogP contribution in [0.2, 0.25) is 0 Å². The minimum absolute atomic E-state index is 0.0243. The van der Waals surface area contributed by atoms with Crippen LogP contribution in [0.25, 0.3) is 0 Å². The van der Waals surface area contributed by atoms with Crippen molar-refractivity contribution in [3.05, 3.63) is 34.4 Å². The third-order valence-electron chi connectivity index (χ3n) is 1.89. The lowest BCUT2D eigenvalue weighted by molar-refractivity contribution is -0.384. The number of amidine groups is 1. The van der Waals surface area contributed by atoms with Crippen LogP contribution in [0.4, 0.5) is 5.69 Å². The summed E-state index contributed by atoms with van der Waals surface area (Å²) in [6.07, 6.45) is -0.605. The van der Waals surface area contributed by atoms with Gasteiger partial charge in [0.05, 0.1) is 4.92 Å². The molecular formula is C9H11N3O4. The standard InChI is InChI=1S/C9H11N3O4/c1-6(9(10)11-13)16-8-4-2-7(3-5-8)12(14)15/h2-6,13H,1H3,(H2,10,11). The fourth-order valence-corrected chi connectivity index (χ4v) is 0.992. The molecule has 0 fully saturated rings. The van der Waals surface area contributed by atoms with Crippen molar-refractivity contribution in [1.29, 1.82) is 0 Å². The molecule has 0 aromatic heterocycles. The molecule has 0 radical (unpaired) electrons. The summed E-state index contributed by atoms with van der Waals surface area (Å²) in [6, 6.07) is 5.52. The van der Waals surface area contributed by atoms with Crippen molar-refractivity contribution < 1.29 is 14.9 Å². The fraction of sp³-hybridized carbons (Fsp3) is 0.222. The van der Waals surface area contributed by atoms with E-state index in [1.54, 1.807) is 6.92 Å². The number of nitrogens with zero attached hydrogens (tertiary/aromatic N) is 2. The van der Waals surface area contributed by atoms with Gasteiger partial charge in [-0.05, 0) is 19.1 Å². The molecule has 1 aromatic rings. The monoisotopic (exact) mass is 225 g/mol. The van der Waals surface area contributed by atoms with Crippen molar-refractivity contribution in [3.63, 3.8) is 0 Å². The van der Waals surface area contributed by atoms with Gasteiger partial charge in [0.2, 0.25) is 0 Å². The second-order valence-corrected chi connectivity index (χ2v) is 3.04. The predicted molar refractivity (Wildman–Crippen MR) is 56.6 cm³/mol. The SMILES string of the molecule is CC(Oc1ccc([N+](=O)[O-])cc1)C(N)=NO. The number of nitro groups is 1. The van der Waals surface area contributed by atoms with Gasteiger partial charge in [-0.3, -0.25) is 10.1 Å². The predicted octanol–water partition coefficient (Wildman–Crippen LogP) is 1.11. The Morgan fingerprint density at radius 3 is 2.56 bits per heavy atom. The summed E-state index contributed by atoms with van der Waals surface area (Å²) in [5, 5.41) is 21.6. The van der Waals surface area contributed by atoms with Gasteiger partial charge in [-0.25, -0.2) is 0 Å². The average molecular weight is 225 g/mol. The van der Waals surface area contributed by atoms with Gasteiger partial charge in [0.25, 0.3) is 5.69 Å². The molecule has 0 saturated carbocycles. The van der Waals surface area contributed by atoms with E-state index in [4.69, 9.17) is 15.7 Å². The van der Waals surface area contributed by atoms with Crippen molar-refractivity contribution in [2.24, 2.45) is 10.9 Å². The maximum atomic E-state index is 10.4. The highest BCUT2D eigenvalue weighted by atomic mass is 16.6.